The Morgan fingerprint density at radius 1 is 1.13 bits per heavy atom. The summed E-state index contributed by atoms with van der Waals surface area (Å²) < 4.78 is 27.4. The summed E-state index contributed by atoms with van der Waals surface area (Å²) in [5, 5.41) is 2.80. The van der Waals surface area contributed by atoms with Crippen LogP contribution in [0.15, 0.2) is 53.3 Å². The van der Waals surface area contributed by atoms with Gasteiger partial charge in [-0.25, -0.2) is 9.37 Å². The molecule has 0 atom stereocenters. The molecule has 1 fully saturated rings. The van der Waals surface area contributed by atoms with Gasteiger partial charge in [-0.1, -0.05) is 36.4 Å². The average molecular weight is 535 g/mol. The molecule has 5 rings (SSSR count). The van der Waals surface area contributed by atoms with Crippen LogP contribution in [-0.2, 0) is 34.8 Å². The molecular weight excluding hydrogens is 503 g/mol. The summed E-state index contributed by atoms with van der Waals surface area (Å²) in [5.74, 6) is -0.995. The second-order valence-corrected chi connectivity index (χ2v) is 10.2. The van der Waals surface area contributed by atoms with Crippen molar-refractivity contribution >= 4 is 17.5 Å². The average Bonchev–Trinajstić information content (AvgIpc) is 2.92. The molecular formula is C29H31FN4O5. The zero-order chi connectivity index (χ0) is 27.6. The number of nitrogens with zero attached hydrogens (tertiary/aromatic N) is 3. The lowest BCUT2D eigenvalue weighted by molar-refractivity contribution is -0.119. The zero-order valence-electron chi connectivity index (χ0n) is 22.0. The van der Waals surface area contributed by atoms with Gasteiger partial charge in [-0.3, -0.25) is 19.0 Å². The van der Waals surface area contributed by atoms with Crippen LogP contribution in [0.1, 0.15) is 60.5 Å². The van der Waals surface area contributed by atoms with Gasteiger partial charge in [0.25, 0.3) is 11.5 Å². The first-order valence-corrected chi connectivity index (χ1v) is 13.1. The van der Waals surface area contributed by atoms with E-state index in [1.165, 1.54) is 16.7 Å². The molecule has 9 nitrogen and oxygen atoms in total. The minimum Gasteiger partial charge on any atom is -0.481 e. The van der Waals surface area contributed by atoms with Gasteiger partial charge < -0.3 is 19.7 Å². The van der Waals surface area contributed by atoms with Crippen LogP contribution in [0.5, 0.6) is 5.75 Å². The predicted molar refractivity (Wildman–Crippen MR) is 142 cm³/mol. The number of halogens is 1. The summed E-state index contributed by atoms with van der Waals surface area (Å²) in [4.78, 5) is 45.7. The fourth-order valence-electron chi connectivity index (χ4n) is 4.93. The van der Waals surface area contributed by atoms with E-state index in [2.05, 4.69) is 10.3 Å². The van der Waals surface area contributed by atoms with E-state index in [4.69, 9.17) is 9.47 Å². The molecule has 0 unspecified atom stereocenters. The van der Waals surface area contributed by atoms with Gasteiger partial charge in [0.2, 0.25) is 11.7 Å². The highest BCUT2D eigenvalue weighted by Gasteiger charge is 2.35. The number of carbonyl (C=O) groups excluding carboxylic acids is 2. The monoisotopic (exact) mass is 534 g/mol. The largest absolute Gasteiger partial charge is 0.481 e. The Balaban J connectivity index is 1.46. The smallest absolute Gasteiger partial charge is 0.296 e. The lowest BCUT2D eigenvalue weighted by Gasteiger charge is -2.33. The molecule has 2 amide bonds. The predicted octanol–water partition coefficient (Wildman–Crippen LogP) is 3.67. The third kappa shape index (κ3) is 5.56. The van der Waals surface area contributed by atoms with Crippen molar-refractivity contribution in [3.63, 3.8) is 0 Å². The molecule has 3 heterocycles. The number of anilines is 1. The van der Waals surface area contributed by atoms with Crippen molar-refractivity contribution in [1.29, 1.82) is 0 Å². The van der Waals surface area contributed by atoms with E-state index in [0.29, 0.717) is 36.6 Å². The van der Waals surface area contributed by atoms with Crippen LogP contribution >= 0.6 is 0 Å². The quantitative estimate of drug-likeness (QED) is 0.496. The molecule has 0 saturated carbocycles. The van der Waals surface area contributed by atoms with E-state index in [-0.39, 0.29) is 37.0 Å². The number of fused-ring (bicyclic) bond motifs is 1. The lowest BCUT2D eigenvalue weighted by Crippen LogP contribution is -2.43. The highest BCUT2D eigenvalue weighted by Crippen LogP contribution is 2.29. The number of piperidine rings is 1. The number of amides is 2. The molecule has 39 heavy (non-hydrogen) atoms. The molecule has 2 aliphatic heterocycles. The molecule has 1 saturated heterocycles. The molecule has 204 valence electrons. The summed E-state index contributed by atoms with van der Waals surface area (Å²) in [6, 6.07) is 13.5. The Kier molecular flexibility index (Phi) is 7.47. The molecule has 1 aromatic heterocycles. The van der Waals surface area contributed by atoms with E-state index in [0.717, 1.165) is 18.4 Å². The number of hydrogen-bond donors (Lipinski definition) is 1. The van der Waals surface area contributed by atoms with Crippen LogP contribution in [0.2, 0.25) is 0 Å². The first-order chi connectivity index (χ1) is 18.7. The summed E-state index contributed by atoms with van der Waals surface area (Å²) >= 11 is 0. The van der Waals surface area contributed by atoms with Gasteiger partial charge in [-0.2, -0.15) is 0 Å². The Hall–Kier alpha value is -4.05. The van der Waals surface area contributed by atoms with Crippen LogP contribution in [0.3, 0.4) is 0 Å². The minimum atomic E-state index is -0.886. The van der Waals surface area contributed by atoms with Crippen LogP contribution in [0, 0.1) is 5.82 Å². The van der Waals surface area contributed by atoms with Gasteiger partial charge in [0.1, 0.15) is 23.8 Å². The topological polar surface area (TPSA) is 103 Å². The highest BCUT2D eigenvalue weighted by molar-refractivity contribution is 5.96. The fourth-order valence-corrected chi connectivity index (χ4v) is 4.93. The number of ether oxygens (including phenoxy) is 2. The van der Waals surface area contributed by atoms with E-state index in [1.807, 2.05) is 30.3 Å². The van der Waals surface area contributed by atoms with Crippen molar-refractivity contribution in [2.75, 3.05) is 18.1 Å². The Bertz CT molecular complexity index is 1450. The first-order valence-electron chi connectivity index (χ1n) is 13.1. The second-order valence-electron chi connectivity index (χ2n) is 10.2. The molecule has 10 heteroatoms. The standard InChI is InChI=1S/C29H31FN4O5/c1-29(2)28-32-24(25(27(37)34(28)14-15-39-29)38-18-19-8-4-3-5-9-19)26(36)31-17-20-11-12-21(30)16-22(20)33-13-7-6-10-23(33)35/h3-5,8-9,11-12,16H,6-7,10,13-15,17-18H2,1-2H3,(H,31,36). The fraction of sp³-hybridized carbons (Fsp3) is 0.379. The van der Waals surface area contributed by atoms with Crippen LogP contribution < -0.4 is 20.5 Å². The molecule has 0 radical (unpaired) electrons. The zero-order valence-corrected chi connectivity index (χ0v) is 22.0. The molecule has 2 aliphatic rings. The van der Waals surface area contributed by atoms with Gasteiger partial charge in [-0.05, 0) is 49.9 Å². The van der Waals surface area contributed by atoms with E-state index < -0.39 is 22.9 Å². The number of benzene rings is 2. The maximum absolute atomic E-state index is 14.1. The normalized spacial score (nSPS) is 16.5. The van der Waals surface area contributed by atoms with Crippen LogP contribution in [-0.4, -0.2) is 34.5 Å². The summed E-state index contributed by atoms with van der Waals surface area (Å²) in [5.41, 5.74) is 0.330. The van der Waals surface area contributed by atoms with Gasteiger partial charge >= 0.3 is 0 Å². The number of hydrogen-bond acceptors (Lipinski definition) is 6. The molecule has 2 aromatic carbocycles. The van der Waals surface area contributed by atoms with Crippen molar-refractivity contribution in [2.45, 2.75) is 58.4 Å². The van der Waals surface area contributed by atoms with Crippen molar-refractivity contribution in [2.24, 2.45) is 0 Å². The lowest BCUT2D eigenvalue weighted by atomic mass is 10.1. The van der Waals surface area contributed by atoms with Crippen molar-refractivity contribution in [3.05, 3.63) is 87.3 Å². The van der Waals surface area contributed by atoms with E-state index in [9.17, 15) is 18.8 Å². The third-order valence-electron chi connectivity index (χ3n) is 6.99. The molecule has 0 bridgehead atoms. The minimum absolute atomic E-state index is 0.00363. The van der Waals surface area contributed by atoms with Gasteiger partial charge in [0.15, 0.2) is 5.69 Å². The van der Waals surface area contributed by atoms with Crippen molar-refractivity contribution in [1.82, 2.24) is 14.9 Å². The molecule has 0 spiro atoms. The Morgan fingerprint density at radius 3 is 2.69 bits per heavy atom. The summed E-state index contributed by atoms with van der Waals surface area (Å²) in [6.07, 6.45) is 2.00. The number of aromatic nitrogens is 2. The number of carbonyl (C=O) groups is 2. The van der Waals surface area contributed by atoms with Crippen LogP contribution in [0.25, 0.3) is 0 Å². The summed E-state index contributed by atoms with van der Waals surface area (Å²) in [6.45, 7) is 4.75. The highest BCUT2D eigenvalue weighted by atomic mass is 19.1. The molecule has 0 aliphatic carbocycles. The van der Waals surface area contributed by atoms with E-state index in [1.54, 1.807) is 24.8 Å². The number of nitrogens with one attached hydrogen (secondary N) is 1. The maximum Gasteiger partial charge on any atom is 0.296 e. The van der Waals surface area contributed by atoms with Gasteiger partial charge in [0.05, 0.1) is 18.8 Å². The molecule has 1 N–H and O–H groups in total. The summed E-state index contributed by atoms with van der Waals surface area (Å²) in [7, 11) is 0. The van der Waals surface area contributed by atoms with Gasteiger partial charge in [-0.15, -0.1) is 0 Å². The number of rotatable bonds is 7. The molecule has 3 aromatic rings. The van der Waals surface area contributed by atoms with Gasteiger partial charge in [0, 0.05) is 19.5 Å². The van der Waals surface area contributed by atoms with Crippen LogP contribution in [0.4, 0.5) is 10.1 Å². The maximum atomic E-state index is 14.1. The van der Waals surface area contributed by atoms with Crippen molar-refractivity contribution < 1.29 is 23.5 Å². The van der Waals surface area contributed by atoms with E-state index >= 15 is 0 Å². The Labute approximate surface area is 225 Å². The SMILES string of the molecule is CC1(C)OCCn2c1nc(C(=O)NCc1ccc(F)cc1N1CCCCC1=O)c(OCc1ccccc1)c2=O. The Morgan fingerprint density at radius 2 is 1.92 bits per heavy atom. The van der Waals surface area contributed by atoms with Crippen molar-refractivity contribution in [3.8, 4) is 5.75 Å². The first kappa shape index (κ1) is 26.6. The third-order valence-corrected chi connectivity index (χ3v) is 6.99. The second kappa shape index (κ2) is 11.0.